The van der Waals surface area contributed by atoms with Crippen LogP contribution >= 0.6 is 0 Å². The standard InChI is InChI=1S/C20H36N2O3/c1-3-5-7-9-15-22(16-10-8-6-4-2)17-13-21(14-18-22)19(23)11-12-20(24)25/h11-12H,3-10,13-18H2,1-2H3/p+1/b12-11-. The zero-order chi connectivity index (χ0) is 18.5. The third-order valence-corrected chi connectivity index (χ3v) is 5.34. The Morgan fingerprint density at radius 2 is 1.40 bits per heavy atom. The van der Waals surface area contributed by atoms with Gasteiger partial charge in [-0.15, -0.1) is 0 Å². The van der Waals surface area contributed by atoms with Crippen molar-refractivity contribution < 1.29 is 19.2 Å². The van der Waals surface area contributed by atoms with Crippen molar-refractivity contribution in [2.24, 2.45) is 0 Å². The lowest BCUT2D eigenvalue weighted by atomic mass is 10.1. The third-order valence-electron chi connectivity index (χ3n) is 5.34. The fraction of sp³-hybridized carbons (Fsp3) is 0.800. The van der Waals surface area contributed by atoms with Gasteiger partial charge in [0.15, 0.2) is 0 Å². The minimum Gasteiger partial charge on any atom is -0.478 e. The predicted molar refractivity (Wildman–Crippen MR) is 101 cm³/mol. The molecule has 1 fully saturated rings. The van der Waals surface area contributed by atoms with E-state index >= 15 is 0 Å². The van der Waals surface area contributed by atoms with Gasteiger partial charge in [-0.05, 0) is 25.7 Å². The number of nitrogens with zero attached hydrogens (tertiary/aromatic N) is 2. The first-order valence-electron chi connectivity index (χ1n) is 10.1. The van der Waals surface area contributed by atoms with Crippen LogP contribution in [0.2, 0.25) is 0 Å². The van der Waals surface area contributed by atoms with Crippen molar-refractivity contribution in [3.8, 4) is 0 Å². The number of aliphatic carboxylic acids is 1. The smallest absolute Gasteiger partial charge is 0.328 e. The van der Waals surface area contributed by atoms with E-state index in [1.807, 2.05) is 0 Å². The number of carbonyl (C=O) groups excluding carboxylic acids is 1. The summed E-state index contributed by atoms with van der Waals surface area (Å²) in [7, 11) is 0. The number of hydrogen-bond donors (Lipinski definition) is 1. The molecule has 25 heavy (non-hydrogen) atoms. The maximum atomic E-state index is 12.1. The van der Waals surface area contributed by atoms with Crippen molar-refractivity contribution in [2.45, 2.75) is 65.2 Å². The van der Waals surface area contributed by atoms with E-state index in [9.17, 15) is 9.59 Å². The Labute approximate surface area is 153 Å². The molecule has 0 radical (unpaired) electrons. The molecule has 0 aromatic rings. The van der Waals surface area contributed by atoms with Gasteiger partial charge in [-0.25, -0.2) is 4.79 Å². The van der Waals surface area contributed by atoms with E-state index in [1.165, 1.54) is 70.5 Å². The van der Waals surface area contributed by atoms with Gasteiger partial charge in [-0.3, -0.25) is 4.79 Å². The van der Waals surface area contributed by atoms with Crippen molar-refractivity contribution in [3.63, 3.8) is 0 Å². The largest absolute Gasteiger partial charge is 0.478 e. The van der Waals surface area contributed by atoms with Crippen LogP contribution in [-0.4, -0.2) is 65.6 Å². The van der Waals surface area contributed by atoms with Crippen molar-refractivity contribution in [1.82, 2.24) is 4.90 Å². The van der Waals surface area contributed by atoms with Crippen LogP contribution in [0.4, 0.5) is 0 Å². The molecule has 5 nitrogen and oxygen atoms in total. The normalized spacial score (nSPS) is 17.1. The Kier molecular flexibility index (Phi) is 10.5. The number of amides is 1. The summed E-state index contributed by atoms with van der Waals surface area (Å²) in [4.78, 5) is 24.5. The fourth-order valence-electron chi connectivity index (χ4n) is 3.66. The summed E-state index contributed by atoms with van der Waals surface area (Å²) in [5.41, 5.74) is 0. The molecule has 0 spiro atoms. The summed E-state index contributed by atoms with van der Waals surface area (Å²) in [6.07, 6.45) is 12.4. The monoisotopic (exact) mass is 353 g/mol. The number of hydrogen-bond acceptors (Lipinski definition) is 2. The number of unbranched alkanes of at least 4 members (excludes halogenated alkanes) is 6. The van der Waals surface area contributed by atoms with E-state index in [0.29, 0.717) is 0 Å². The van der Waals surface area contributed by atoms with Gasteiger partial charge in [-0.2, -0.15) is 0 Å². The first-order chi connectivity index (χ1) is 12.0. The van der Waals surface area contributed by atoms with Crippen LogP contribution in [-0.2, 0) is 9.59 Å². The maximum Gasteiger partial charge on any atom is 0.328 e. The quantitative estimate of drug-likeness (QED) is 0.332. The molecule has 1 amide bonds. The first-order valence-corrected chi connectivity index (χ1v) is 10.1. The zero-order valence-electron chi connectivity index (χ0n) is 16.2. The molecule has 1 N–H and O–H groups in total. The number of piperazine rings is 1. The molecule has 0 bridgehead atoms. The molecule has 1 saturated heterocycles. The molecule has 0 atom stereocenters. The van der Waals surface area contributed by atoms with E-state index in [-0.39, 0.29) is 5.91 Å². The van der Waals surface area contributed by atoms with Crippen LogP contribution < -0.4 is 0 Å². The lowest BCUT2D eigenvalue weighted by molar-refractivity contribution is -0.932. The minimum absolute atomic E-state index is 0.169. The van der Waals surface area contributed by atoms with E-state index in [1.54, 1.807) is 4.90 Å². The lowest BCUT2D eigenvalue weighted by Crippen LogP contribution is -2.61. The summed E-state index contributed by atoms with van der Waals surface area (Å²) in [5, 5.41) is 8.66. The molecule has 0 aromatic carbocycles. The second-order valence-corrected chi connectivity index (χ2v) is 7.35. The predicted octanol–water partition coefficient (Wildman–Crippen LogP) is 3.45. The van der Waals surface area contributed by atoms with Gasteiger partial charge >= 0.3 is 5.97 Å². The Morgan fingerprint density at radius 3 is 1.84 bits per heavy atom. The van der Waals surface area contributed by atoms with Gasteiger partial charge in [0.2, 0.25) is 5.91 Å². The SMILES string of the molecule is CCCCCC[N+]1(CCCCCC)CCN(C(=O)/C=C\C(=O)O)CC1. The van der Waals surface area contributed by atoms with Crippen LogP contribution in [0.1, 0.15) is 65.2 Å². The summed E-state index contributed by atoms with van der Waals surface area (Å²) < 4.78 is 1.14. The van der Waals surface area contributed by atoms with Crippen molar-refractivity contribution >= 4 is 11.9 Å². The topological polar surface area (TPSA) is 57.6 Å². The molecule has 1 heterocycles. The number of quaternary nitrogens is 1. The van der Waals surface area contributed by atoms with Crippen molar-refractivity contribution in [1.29, 1.82) is 0 Å². The Balaban J connectivity index is 2.54. The Morgan fingerprint density at radius 1 is 0.880 bits per heavy atom. The number of carboxylic acids is 1. The number of carboxylic acid groups (broad SMARTS) is 1. The van der Waals surface area contributed by atoms with Crippen LogP contribution in [0.15, 0.2) is 12.2 Å². The average molecular weight is 354 g/mol. The van der Waals surface area contributed by atoms with Crippen molar-refractivity contribution in [2.75, 3.05) is 39.3 Å². The molecule has 1 aliphatic heterocycles. The van der Waals surface area contributed by atoms with Crippen LogP contribution in [0.25, 0.3) is 0 Å². The van der Waals surface area contributed by atoms with Crippen LogP contribution in [0.3, 0.4) is 0 Å². The fourth-order valence-corrected chi connectivity index (χ4v) is 3.66. The van der Waals surface area contributed by atoms with E-state index in [2.05, 4.69) is 13.8 Å². The molecular weight excluding hydrogens is 316 g/mol. The molecule has 0 aliphatic carbocycles. The molecule has 144 valence electrons. The highest BCUT2D eigenvalue weighted by Gasteiger charge is 2.33. The van der Waals surface area contributed by atoms with Crippen LogP contribution in [0.5, 0.6) is 0 Å². The number of carbonyl (C=O) groups is 2. The zero-order valence-corrected chi connectivity index (χ0v) is 16.2. The molecule has 5 heteroatoms. The molecule has 0 saturated carbocycles. The van der Waals surface area contributed by atoms with E-state index in [4.69, 9.17) is 5.11 Å². The van der Waals surface area contributed by atoms with Crippen molar-refractivity contribution in [3.05, 3.63) is 12.2 Å². The number of rotatable bonds is 12. The van der Waals surface area contributed by atoms with Gasteiger partial charge in [-0.1, -0.05) is 39.5 Å². The highest BCUT2D eigenvalue weighted by Crippen LogP contribution is 2.18. The van der Waals surface area contributed by atoms with Gasteiger partial charge in [0.25, 0.3) is 0 Å². The van der Waals surface area contributed by atoms with Gasteiger partial charge in [0.05, 0.1) is 39.3 Å². The third kappa shape index (κ3) is 8.52. The molecule has 0 aromatic heterocycles. The van der Waals surface area contributed by atoms with Crippen LogP contribution in [0, 0.1) is 0 Å². The maximum absolute atomic E-state index is 12.1. The highest BCUT2D eigenvalue weighted by molar-refractivity contribution is 5.93. The Bertz CT molecular complexity index is 413. The highest BCUT2D eigenvalue weighted by atomic mass is 16.4. The second-order valence-electron chi connectivity index (χ2n) is 7.35. The lowest BCUT2D eigenvalue weighted by Gasteiger charge is -2.45. The molecule has 1 aliphatic rings. The molecule has 0 unspecified atom stereocenters. The second kappa shape index (κ2) is 12.1. The first kappa shape index (κ1) is 21.7. The van der Waals surface area contributed by atoms with E-state index < -0.39 is 5.97 Å². The van der Waals surface area contributed by atoms with Gasteiger partial charge in [0, 0.05) is 12.2 Å². The molecule has 1 rings (SSSR count). The van der Waals surface area contributed by atoms with E-state index in [0.717, 1.165) is 36.7 Å². The molecular formula is C20H37N2O3+. The van der Waals surface area contributed by atoms with Gasteiger partial charge in [0.1, 0.15) is 0 Å². The van der Waals surface area contributed by atoms with Gasteiger partial charge < -0.3 is 14.5 Å². The Hall–Kier alpha value is -1.36. The summed E-state index contributed by atoms with van der Waals surface area (Å²) >= 11 is 0. The summed E-state index contributed by atoms with van der Waals surface area (Å²) in [6, 6.07) is 0. The average Bonchev–Trinajstić information content (AvgIpc) is 2.61. The summed E-state index contributed by atoms with van der Waals surface area (Å²) in [6.45, 7) is 10.4. The minimum atomic E-state index is -1.07. The summed E-state index contributed by atoms with van der Waals surface area (Å²) in [5.74, 6) is -1.24.